The molecular formula is C13H11NO7. The monoisotopic (exact) mass is 293 g/mol. The number of carbonyl (C=O) groups excluding carboxylic acids is 4. The molecule has 0 aliphatic carbocycles. The molecule has 0 spiro atoms. The minimum Gasteiger partial charge on any atom is -0.425 e. The van der Waals surface area contributed by atoms with Crippen molar-refractivity contribution >= 4 is 25.0 Å². The first-order valence-electron chi connectivity index (χ1n) is 5.86. The molecular weight excluding hydrogens is 282 g/mol. The van der Waals surface area contributed by atoms with Crippen molar-refractivity contribution < 1.29 is 33.4 Å². The summed E-state index contributed by atoms with van der Waals surface area (Å²) in [6.07, 6.45) is -0.693. The summed E-state index contributed by atoms with van der Waals surface area (Å²) in [7, 11) is 0. The first-order valence-corrected chi connectivity index (χ1v) is 5.86. The third-order valence-corrected chi connectivity index (χ3v) is 2.93. The number of carbonyl (C=O) groups is 4. The molecule has 2 rings (SSSR count). The topological polar surface area (TPSA) is 108 Å². The van der Waals surface area contributed by atoms with E-state index in [0.29, 0.717) is 5.56 Å². The summed E-state index contributed by atoms with van der Waals surface area (Å²) < 4.78 is 13.8. The van der Waals surface area contributed by atoms with Crippen LogP contribution in [0.2, 0.25) is 0 Å². The van der Waals surface area contributed by atoms with Crippen molar-refractivity contribution in [3.63, 3.8) is 0 Å². The average Bonchev–Trinajstić information content (AvgIpc) is 2.66. The largest absolute Gasteiger partial charge is 0.425 e. The molecule has 0 bridgehead atoms. The van der Waals surface area contributed by atoms with Crippen molar-refractivity contribution in [2.24, 2.45) is 0 Å². The summed E-state index contributed by atoms with van der Waals surface area (Å²) in [4.78, 5) is 43.5. The van der Waals surface area contributed by atoms with Crippen LogP contribution in [0.5, 0.6) is 11.5 Å². The van der Waals surface area contributed by atoms with Gasteiger partial charge in [-0.05, 0) is 24.6 Å². The number of cyclic esters (lactones) is 2. The molecule has 21 heavy (non-hydrogen) atoms. The van der Waals surface area contributed by atoms with E-state index in [2.05, 4.69) is 14.8 Å². The number of rotatable bonds is 6. The van der Waals surface area contributed by atoms with Crippen LogP contribution in [0.4, 0.5) is 4.79 Å². The minimum atomic E-state index is -1.21. The Morgan fingerprint density at radius 3 is 2.43 bits per heavy atom. The fourth-order valence-corrected chi connectivity index (χ4v) is 1.98. The van der Waals surface area contributed by atoms with Gasteiger partial charge in [-0.1, -0.05) is 6.07 Å². The second-order valence-corrected chi connectivity index (χ2v) is 4.52. The SMILES string of the molecule is C[C@@]1(Cc2ccc(OC=O)c(OC=O)c2)NC(=O)OC1=O. The molecule has 8 nitrogen and oxygen atoms in total. The zero-order valence-electron chi connectivity index (χ0n) is 11.0. The standard InChI is InChI=1S/C13H11NO7/c1-13(11(17)21-12(18)14-13)5-8-2-3-9(19-6-15)10(4-8)20-7-16/h2-4,6-7H,5H2,1H3,(H,14,18)/t13-/m0/s1. The summed E-state index contributed by atoms with van der Waals surface area (Å²) in [5, 5.41) is 2.41. The van der Waals surface area contributed by atoms with Crippen LogP contribution in [0, 0.1) is 0 Å². The summed E-state index contributed by atoms with van der Waals surface area (Å²) >= 11 is 0. The molecule has 0 unspecified atom stereocenters. The van der Waals surface area contributed by atoms with E-state index >= 15 is 0 Å². The number of ether oxygens (including phenoxy) is 3. The van der Waals surface area contributed by atoms with Gasteiger partial charge in [0.1, 0.15) is 5.54 Å². The van der Waals surface area contributed by atoms with Crippen molar-refractivity contribution in [2.75, 3.05) is 0 Å². The lowest BCUT2D eigenvalue weighted by atomic mass is 9.93. The highest BCUT2D eigenvalue weighted by molar-refractivity contribution is 5.98. The maximum Gasteiger partial charge on any atom is 0.415 e. The number of hydrogen-bond acceptors (Lipinski definition) is 7. The van der Waals surface area contributed by atoms with Gasteiger partial charge >= 0.3 is 12.1 Å². The van der Waals surface area contributed by atoms with Crippen molar-refractivity contribution in [1.82, 2.24) is 5.32 Å². The maximum atomic E-state index is 11.6. The van der Waals surface area contributed by atoms with Gasteiger partial charge in [0.2, 0.25) is 0 Å². The molecule has 110 valence electrons. The molecule has 8 heteroatoms. The second-order valence-electron chi connectivity index (χ2n) is 4.52. The molecule has 0 aromatic heterocycles. The predicted molar refractivity (Wildman–Crippen MR) is 66.6 cm³/mol. The van der Waals surface area contributed by atoms with Gasteiger partial charge in [0.15, 0.2) is 11.5 Å². The Bertz CT molecular complexity index is 613. The highest BCUT2D eigenvalue weighted by Gasteiger charge is 2.44. The number of amides is 1. The van der Waals surface area contributed by atoms with Crippen molar-refractivity contribution in [3.05, 3.63) is 23.8 Å². The zero-order valence-corrected chi connectivity index (χ0v) is 11.0. The lowest BCUT2D eigenvalue weighted by molar-refractivity contribution is -0.138. The van der Waals surface area contributed by atoms with E-state index in [1.165, 1.54) is 19.1 Å². The van der Waals surface area contributed by atoms with E-state index < -0.39 is 17.6 Å². The molecule has 1 amide bonds. The normalized spacial score (nSPS) is 20.4. The molecule has 0 saturated carbocycles. The quantitative estimate of drug-likeness (QED) is 0.457. The Hall–Kier alpha value is -2.90. The van der Waals surface area contributed by atoms with Gasteiger partial charge in [-0.25, -0.2) is 9.59 Å². The fourth-order valence-electron chi connectivity index (χ4n) is 1.98. The average molecular weight is 293 g/mol. The van der Waals surface area contributed by atoms with Crippen molar-refractivity contribution in [1.29, 1.82) is 0 Å². The Balaban J connectivity index is 2.26. The fraction of sp³-hybridized carbons (Fsp3) is 0.231. The highest BCUT2D eigenvalue weighted by Crippen LogP contribution is 2.30. The summed E-state index contributed by atoms with van der Waals surface area (Å²) in [6, 6.07) is 4.41. The Kier molecular flexibility index (Phi) is 3.88. The summed E-state index contributed by atoms with van der Waals surface area (Å²) in [6.45, 7) is 1.89. The number of nitrogens with one attached hydrogen (secondary N) is 1. The number of alkyl carbamates (subject to hydrolysis) is 1. The van der Waals surface area contributed by atoms with Crippen molar-refractivity contribution in [3.8, 4) is 11.5 Å². The van der Waals surface area contributed by atoms with E-state index in [1.807, 2.05) is 0 Å². The van der Waals surface area contributed by atoms with Crippen LogP contribution in [0.15, 0.2) is 18.2 Å². The first kappa shape index (κ1) is 14.5. The van der Waals surface area contributed by atoms with Crippen LogP contribution >= 0.6 is 0 Å². The van der Waals surface area contributed by atoms with Crippen LogP contribution in [-0.4, -0.2) is 30.5 Å². The molecule has 1 N–H and O–H groups in total. The smallest absolute Gasteiger partial charge is 0.415 e. The second kappa shape index (κ2) is 5.61. The van der Waals surface area contributed by atoms with Gasteiger partial charge < -0.3 is 19.5 Å². The van der Waals surface area contributed by atoms with Gasteiger partial charge in [0.25, 0.3) is 12.9 Å². The van der Waals surface area contributed by atoms with Crippen LogP contribution in [0.25, 0.3) is 0 Å². The van der Waals surface area contributed by atoms with E-state index in [0.717, 1.165) is 0 Å². The molecule has 1 heterocycles. The van der Waals surface area contributed by atoms with Gasteiger partial charge in [0, 0.05) is 6.42 Å². The zero-order chi connectivity index (χ0) is 15.5. The molecule has 1 aliphatic heterocycles. The van der Waals surface area contributed by atoms with E-state index in [9.17, 15) is 19.2 Å². The van der Waals surface area contributed by atoms with Crippen molar-refractivity contribution in [2.45, 2.75) is 18.9 Å². The van der Waals surface area contributed by atoms with E-state index in [1.54, 1.807) is 6.07 Å². The molecule has 1 saturated heterocycles. The molecule has 1 aromatic carbocycles. The molecule has 1 atom stereocenters. The van der Waals surface area contributed by atoms with Crippen LogP contribution in [-0.2, 0) is 25.5 Å². The Morgan fingerprint density at radius 1 is 1.19 bits per heavy atom. The van der Waals surface area contributed by atoms with Gasteiger partial charge in [-0.3, -0.25) is 9.59 Å². The summed E-state index contributed by atoms with van der Waals surface area (Å²) in [5.41, 5.74) is -0.630. The third kappa shape index (κ3) is 2.99. The lowest BCUT2D eigenvalue weighted by Crippen LogP contribution is -2.45. The Morgan fingerprint density at radius 2 is 1.86 bits per heavy atom. The highest BCUT2D eigenvalue weighted by atomic mass is 16.6. The van der Waals surface area contributed by atoms with Gasteiger partial charge in [-0.2, -0.15) is 0 Å². The maximum absolute atomic E-state index is 11.6. The van der Waals surface area contributed by atoms with Gasteiger partial charge in [0.05, 0.1) is 0 Å². The summed E-state index contributed by atoms with van der Waals surface area (Å²) in [5.74, 6) is -0.612. The Labute approximate surface area is 119 Å². The van der Waals surface area contributed by atoms with Gasteiger partial charge in [-0.15, -0.1) is 0 Å². The molecule has 1 fully saturated rings. The van der Waals surface area contributed by atoms with E-state index in [-0.39, 0.29) is 30.9 Å². The number of hydrogen-bond donors (Lipinski definition) is 1. The molecule has 1 aliphatic rings. The molecule has 0 radical (unpaired) electrons. The molecule has 1 aromatic rings. The third-order valence-electron chi connectivity index (χ3n) is 2.93. The number of esters is 1. The van der Waals surface area contributed by atoms with Crippen LogP contribution < -0.4 is 14.8 Å². The predicted octanol–water partition coefficient (Wildman–Crippen LogP) is 0.325. The lowest BCUT2D eigenvalue weighted by Gasteiger charge is -2.19. The first-order chi connectivity index (χ1) is 9.98. The number of benzene rings is 1. The minimum absolute atomic E-state index is 0.0240. The van der Waals surface area contributed by atoms with E-state index in [4.69, 9.17) is 4.74 Å². The van der Waals surface area contributed by atoms with Crippen LogP contribution in [0.3, 0.4) is 0 Å². The van der Waals surface area contributed by atoms with Crippen LogP contribution in [0.1, 0.15) is 12.5 Å².